The molecule has 4 heteroatoms. The van der Waals surface area contributed by atoms with Crippen LogP contribution in [0.4, 0.5) is 0 Å². The minimum absolute atomic E-state index is 0.0621. The maximum Gasteiger partial charge on any atom is 0.317 e. The summed E-state index contributed by atoms with van der Waals surface area (Å²) in [7, 11) is 1.78. The summed E-state index contributed by atoms with van der Waals surface area (Å²) in [6.45, 7) is 1.98. The number of rotatable bonds is 2. The number of ketones is 1. The molecule has 4 nitrogen and oxygen atoms in total. The predicted octanol–water partition coefficient (Wildman–Crippen LogP) is 2.03. The van der Waals surface area contributed by atoms with Crippen LogP contribution in [0.15, 0.2) is 30.3 Å². The van der Waals surface area contributed by atoms with E-state index >= 15 is 0 Å². The third-order valence-corrected chi connectivity index (χ3v) is 3.40. The molecule has 19 heavy (non-hydrogen) atoms. The fourth-order valence-electron chi connectivity index (χ4n) is 2.28. The first-order chi connectivity index (χ1) is 9.06. The topological polar surface area (TPSA) is 48.3 Å². The number of aryl methyl sites for hydroxylation is 1. The summed E-state index contributed by atoms with van der Waals surface area (Å²) in [6, 6.07) is 9.07. The molecule has 0 bridgehead atoms. The van der Waals surface area contributed by atoms with E-state index in [-0.39, 0.29) is 18.2 Å². The molecule has 1 aromatic carbocycles. The second-order valence-corrected chi connectivity index (χ2v) is 4.75. The van der Waals surface area contributed by atoms with E-state index in [1.54, 1.807) is 17.7 Å². The summed E-state index contributed by atoms with van der Waals surface area (Å²) >= 11 is 0. The van der Waals surface area contributed by atoms with Gasteiger partial charge in [-0.2, -0.15) is 0 Å². The maximum absolute atomic E-state index is 12.4. The first kappa shape index (κ1) is 11.7. The minimum atomic E-state index is -0.269. The van der Waals surface area contributed by atoms with Crippen LogP contribution in [0.2, 0.25) is 0 Å². The Morgan fingerprint density at radius 1 is 1.26 bits per heavy atom. The van der Waals surface area contributed by atoms with Crippen LogP contribution >= 0.6 is 0 Å². The zero-order valence-electron chi connectivity index (χ0n) is 10.8. The lowest BCUT2D eigenvalue weighted by Gasteiger charge is -2.05. The van der Waals surface area contributed by atoms with E-state index in [0.717, 1.165) is 11.3 Å². The van der Waals surface area contributed by atoms with E-state index in [2.05, 4.69) is 0 Å². The first-order valence-corrected chi connectivity index (χ1v) is 6.07. The highest BCUT2D eigenvalue weighted by atomic mass is 16.5. The molecule has 1 aliphatic rings. The molecule has 1 aromatic heterocycles. The Labute approximate surface area is 110 Å². The summed E-state index contributed by atoms with van der Waals surface area (Å²) in [5, 5.41) is 0. The molecule has 0 saturated heterocycles. The molecular formula is C15H13NO3. The highest BCUT2D eigenvalue weighted by Gasteiger charge is 2.28. The number of carbonyl (C=O) groups is 2. The molecule has 2 heterocycles. The van der Waals surface area contributed by atoms with E-state index in [1.807, 2.05) is 31.2 Å². The van der Waals surface area contributed by atoms with Gasteiger partial charge < -0.3 is 9.30 Å². The van der Waals surface area contributed by atoms with Gasteiger partial charge >= 0.3 is 5.97 Å². The number of aromatic nitrogens is 1. The summed E-state index contributed by atoms with van der Waals surface area (Å²) in [4.78, 5) is 23.6. The normalized spacial score (nSPS) is 13.3. The molecule has 96 valence electrons. The quantitative estimate of drug-likeness (QED) is 0.609. The van der Waals surface area contributed by atoms with Crippen LogP contribution in [0.3, 0.4) is 0 Å². The second-order valence-electron chi connectivity index (χ2n) is 4.75. The highest BCUT2D eigenvalue weighted by Crippen LogP contribution is 2.30. The number of nitrogens with zero attached hydrogens (tertiary/aromatic N) is 1. The minimum Gasteiger partial charge on any atom is -0.424 e. The number of benzene rings is 1. The smallest absolute Gasteiger partial charge is 0.317 e. The van der Waals surface area contributed by atoms with E-state index in [9.17, 15) is 9.59 Å². The molecule has 0 radical (unpaired) electrons. The van der Waals surface area contributed by atoms with Gasteiger partial charge in [-0.1, -0.05) is 29.8 Å². The van der Waals surface area contributed by atoms with Crippen LogP contribution in [-0.4, -0.2) is 16.3 Å². The molecule has 0 fully saturated rings. The van der Waals surface area contributed by atoms with Crippen molar-refractivity contribution in [3.05, 3.63) is 52.8 Å². The molecule has 1 aliphatic heterocycles. The van der Waals surface area contributed by atoms with Crippen LogP contribution < -0.4 is 4.74 Å². The van der Waals surface area contributed by atoms with Gasteiger partial charge in [-0.05, 0) is 6.92 Å². The van der Waals surface area contributed by atoms with Gasteiger partial charge in [0.05, 0.1) is 17.8 Å². The Balaban J connectivity index is 2.00. The molecule has 0 atom stereocenters. The van der Waals surface area contributed by atoms with E-state index < -0.39 is 0 Å². The van der Waals surface area contributed by atoms with Gasteiger partial charge in [0.15, 0.2) is 5.75 Å². The molecule has 0 N–H and O–H groups in total. The number of esters is 1. The van der Waals surface area contributed by atoms with Crippen LogP contribution in [0.5, 0.6) is 5.75 Å². The molecule has 0 amide bonds. The number of fused-ring (bicyclic) bond motifs is 1. The average molecular weight is 255 g/mol. The molecule has 0 aliphatic carbocycles. The third-order valence-electron chi connectivity index (χ3n) is 3.40. The van der Waals surface area contributed by atoms with E-state index in [0.29, 0.717) is 17.0 Å². The lowest BCUT2D eigenvalue weighted by atomic mass is 10.1. The van der Waals surface area contributed by atoms with Crippen LogP contribution in [0.25, 0.3) is 0 Å². The van der Waals surface area contributed by atoms with Crippen LogP contribution in [0.1, 0.15) is 27.3 Å². The Morgan fingerprint density at radius 3 is 2.58 bits per heavy atom. The number of ether oxygens (including phenoxy) is 1. The van der Waals surface area contributed by atoms with Crippen molar-refractivity contribution in [2.75, 3.05) is 0 Å². The van der Waals surface area contributed by atoms with Crippen molar-refractivity contribution in [3.8, 4) is 5.75 Å². The fraction of sp³-hybridized carbons (Fsp3) is 0.200. The van der Waals surface area contributed by atoms with Crippen LogP contribution in [0, 0.1) is 6.92 Å². The molecule has 2 aromatic rings. The van der Waals surface area contributed by atoms with Crippen molar-refractivity contribution < 1.29 is 14.3 Å². The van der Waals surface area contributed by atoms with Gasteiger partial charge in [0.25, 0.3) is 0 Å². The molecule has 3 rings (SSSR count). The molecule has 0 unspecified atom stereocenters. The Bertz CT molecular complexity index is 680. The van der Waals surface area contributed by atoms with Crippen molar-refractivity contribution in [2.45, 2.75) is 13.3 Å². The molecular weight excluding hydrogens is 242 g/mol. The Morgan fingerprint density at radius 2 is 1.95 bits per heavy atom. The predicted molar refractivity (Wildman–Crippen MR) is 69.4 cm³/mol. The lowest BCUT2D eigenvalue weighted by Crippen LogP contribution is -2.11. The van der Waals surface area contributed by atoms with Crippen LogP contribution in [-0.2, 0) is 18.3 Å². The fourth-order valence-corrected chi connectivity index (χ4v) is 2.28. The summed E-state index contributed by atoms with van der Waals surface area (Å²) in [5.74, 6) is 0.172. The van der Waals surface area contributed by atoms with E-state index in [4.69, 9.17) is 4.74 Å². The van der Waals surface area contributed by atoms with Crippen molar-refractivity contribution in [2.24, 2.45) is 7.05 Å². The van der Waals surface area contributed by atoms with E-state index in [1.165, 1.54) is 0 Å². The summed E-state index contributed by atoms with van der Waals surface area (Å²) < 4.78 is 6.80. The van der Waals surface area contributed by atoms with Crippen molar-refractivity contribution >= 4 is 11.8 Å². The van der Waals surface area contributed by atoms with Crippen molar-refractivity contribution in [3.63, 3.8) is 0 Å². The van der Waals surface area contributed by atoms with Gasteiger partial charge in [-0.15, -0.1) is 0 Å². The van der Waals surface area contributed by atoms with Gasteiger partial charge in [-0.25, -0.2) is 0 Å². The molecule has 0 saturated carbocycles. The van der Waals surface area contributed by atoms with Gasteiger partial charge in [0, 0.05) is 18.7 Å². The highest BCUT2D eigenvalue weighted by molar-refractivity contribution is 6.08. The standard InChI is InChI=1S/C15H13NO3/c1-9-3-5-10(6-4-9)15(18)12-7-13-11(16(12)2)8-14(17)19-13/h3-7H,8H2,1-2H3. The van der Waals surface area contributed by atoms with Gasteiger partial charge in [-0.3, -0.25) is 9.59 Å². The largest absolute Gasteiger partial charge is 0.424 e. The zero-order chi connectivity index (χ0) is 13.6. The van der Waals surface area contributed by atoms with Crippen molar-refractivity contribution in [1.29, 1.82) is 0 Å². The lowest BCUT2D eigenvalue weighted by molar-refractivity contribution is -0.131. The summed E-state index contributed by atoms with van der Waals surface area (Å²) in [6.07, 6.45) is 0.229. The van der Waals surface area contributed by atoms with Gasteiger partial charge in [0.1, 0.15) is 0 Å². The Hall–Kier alpha value is -2.36. The zero-order valence-corrected chi connectivity index (χ0v) is 10.8. The third kappa shape index (κ3) is 1.85. The monoisotopic (exact) mass is 255 g/mol. The summed E-state index contributed by atoms with van der Waals surface area (Å²) in [5.41, 5.74) is 3.05. The number of carbonyl (C=O) groups excluding carboxylic acids is 2. The second kappa shape index (κ2) is 4.09. The number of hydrogen-bond acceptors (Lipinski definition) is 3. The SMILES string of the molecule is Cc1ccc(C(=O)c2cc3c(n2C)CC(=O)O3)cc1. The first-order valence-electron chi connectivity index (χ1n) is 6.07. The van der Waals surface area contributed by atoms with Crippen molar-refractivity contribution in [1.82, 2.24) is 4.57 Å². The van der Waals surface area contributed by atoms with Gasteiger partial charge in [0.2, 0.25) is 5.78 Å². The average Bonchev–Trinajstić information content (AvgIpc) is 2.88. The maximum atomic E-state index is 12.4. The number of hydrogen-bond donors (Lipinski definition) is 0. The Kier molecular flexibility index (Phi) is 2.52. The molecule has 0 spiro atoms.